The Morgan fingerprint density at radius 1 is 1.36 bits per heavy atom. The van der Waals surface area contributed by atoms with Crippen LogP contribution < -0.4 is 4.74 Å². The van der Waals surface area contributed by atoms with E-state index in [-0.39, 0.29) is 6.54 Å². The van der Waals surface area contributed by atoms with Gasteiger partial charge in [0.25, 0.3) is 0 Å². The molecule has 0 saturated carbocycles. The Balaban J connectivity index is 1.88. The summed E-state index contributed by atoms with van der Waals surface area (Å²) in [5, 5.41) is 11.8. The van der Waals surface area contributed by atoms with Gasteiger partial charge in [0.1, 0.15) is 17.4 Å². The predicted octanol–water partition coefficient (Wildman–Crippen LogP) is 3.02. The number of carboxylic acid groups (broad SMARTS) is 1. The van der Waals surface area contributed by atoms with Crippen LogP contribution in [0.2, 0.25) is 0 Å². The second kappa shape index (κ2) is 8.51. The molecule has 6 heteroatoms. The largest absolute Gasteiger partial charge is 0.486 e. The maximum absolute atomic E-state index is 10.9. The zero-order valence-electron chi connectivity index (χ0n) is 12.6. The number of ether oxygens (including phenoxy) is 1. The molecule has 0 bridgehead atoms. The molecule has 0 unspecified atom stereocenters. The fraction of sp³-hybridized carbons (Fsp3) is 0.375. The van der Waals surface area contributed by atoms with Crippen molar-refractivity contribution in [2.24, 2.45) is 0 Å². The lowest BCUT2D eigenvalue weighted by Crippen LogP contribution is -2.30. The van der Waals surface area contributed by atoms with Gasteiger partial charge in [-0.15, -0.1) is 11.3 Å². The van der Waals surface area contributed by atoms with E-state index < -0.39 is 5.97 Å². The van der Waals surface area contributed by atoms with Crippen LogP contribution in [-0.4, -0.2) is 34.0 Å². The van der Waals surface area contributed by atoms with Gasteiger partial charge in [-0.2, -0.15) is 0 Å². The van der Waals surface area contributed by atoms with Crippen LogP contribution >= 0.6 is 11.3 Å². The highest BCUT2D eigenvalue weighted by molar-refractivity contribution is 7.09. The van der Waals surface area contributed by atoms with E-state index in [1.54, 1.807) is 0 Å². The number of rotatable bonds is 9. The highest BCUT2D eigenvalue weighted by Crippen LogP contribution is 2.16. The van der Waals surface area contributed by atoms with Gasteiger partial charge in [-0.25, -0.2) is 4.98 Å². The molecular formula is C16H20N2O3S. The molecule has 0 radical (unpaired) electrons. The molecule has 1 N–H and O–H groups in total. The number of aromatic nitrogens is 1. The fourth-order valence-electron chi connectivity index (χ4n) is 2.10. The average molecular weight is 320 g/mol. The number of nitrogens with zero attached hydrogens (tertiary/aromatic N) is 2. The molecule has 1 aromatic carbocycles. The van der Waals surface area contributed by atoms with Crippen molar-refractivity contribution in [1.82, 2.24) is 9.88 Å². The van der Waals surface area contributed by atoms with Crippen LogP contribution in [0, 0.1) is 0 Å². The molecule has 0 atom stereocenters. The Morgan fingerprint density at radius 3 is 2.82 bits per heavy atom. The van der Waals surface area contributed by atoms with Crippen LogP contribution in [0.25, 0.3) is 0 Å². The van der Waals surface area contributed by atoms with Crippen LogP contribution in [0.5, 0.6) is 5.75 Å². The lowest BCUT2D eigenvalue weighted by atomic mass is 10.3. The van der Waals surface area contributed by atoms with Gasteiger partial charge in [0.2, 0.25) is 0 Å². The summed E-state index contributed by atoms with van der Waals surface area (Å²) in [4.78, 5) is 17.3. The topological polar surface area (TPSA) is 62.7 Å². The molecule has 22 heavy (non-hydrogen) atoms. The predicted molar refractivity (Wildman–Crippen MR) is 86.1 cm³/mol. The molecule has 1 heterocycles. The van der Waals surface area contributed by atoms with E-state index in [1.807, 2.05) is 47.5 Å². The van der Waals surface area contributed by atoms with E-state index in [4.69, 9.17) is 9.84 Å². The Morgan fingerprint density at radius 2 is 2.14 bits per heavy atom. The molecular weight excluding hydrogens is 300 g/mol. The highest BCUT2D eigenvalue weighted by Gasteiger charge is 2.12. The third-order valence-corrected chi connectivity index (χ3v) is 3.86. The standard InChI is InChI=1S/C16H20N2O3S/c1-2-8-18(10-16(19)20)9-13-12-22-15(17-13)11-21-14-6-4-3-5-7-14/h3-7,12H,2,8-11H2,1H3,(H,19,20). The van der Waals surface area contributed by atoms with Gasteiger partial charge in [-0.3, -0.25) is 9.69 Å². The summed E-state index contributed by atoms with van der Waals surface area (Å²) in [7, 11) is 0. The van der Waals surface area contributed by atoms with Crippen LogP contribution in [0.4, 0.5) is 0 Å². The van der Waals surface area contributed by atoms with Gasteiger partial charge >= 0.3 is 5.97 Å². The minimum Gasteiger partial charge on any atom is -0.486 e. The first-order valence-corrected chi connectivity index (χ1v) is 8.10. The number of para-hydroxylation sites is 1. The Bertz CT molecular complexity index is 586. The van der Waals surface area contributed by atoms with Crippen LogP contribution in [-0.2, 0) is 17.9 Å². The Labute approximate surface area is 134 Å². The summed E-state index contributed by atoms with van der Waals surface area (Å²) in [6, 6.07) is 9.61. The molecule has 1 aromatic heterocycles. The zero-order valence-corrected chi connectivity index (χ0v) is 13.4. The average Bonchev–Trinajstić information content (AvgIpc) is 2.93. The normalized spacial score (nSPS) is 10.8. The van der Waals surface area contributed by atoms with E-state index in [9.17, 15) is 4.79 Å². The van der Waals surface area contributed by atoms with Gasteiger partial charge in [0.05, 0.1) is 12.2 Å². The summed E-state index contributed by atoms with van der Waals surface area (Å²) in [6.45, 7) is 3.82. The molecule has 118 valence electrons. The number of aliphatic carboxylic acids is 1. The molecule has 0 amide bonds. The molecule has 5 nitrogen and oxygen atoms in total. The van der Waals surface area contributed by atoms with Crippen molar-refractivity contribution in [3.05, 3.63) is 46.4 Å². The number of hydrogen-bond donors (Lipinski definition) is 1. The van der Waals surface area contributed by atoms with E-state index in [2.05, 4.69) is 4.98 Å². The van der Waals surface area contributed by atoms with Crippen LogP contribution in [0.3, 0.4) is 0 Å². The van der Waals surface area contributed by atoms with Crippen molar-refractivity contribution < 1.29 is 14.6 Å². The smallest absolute Gasteiger partial charge is 0.317 e. The van der Waals surface area contributed by atoms with Crippen molar-refractivity contribution in [3.8, 4) is 5.75 Å². The monoisotopic (exact) mass is 320 g/mol. The third kappa shape index (κ3) is 5.46. The minimum atomic E-state index is -0.809. The molecule has 2 rings (SSSR count). The number of carbonyl (C=O) groups is 1. The number of hydrogen-bond acceptors (Lipinski definition) is 5. The second-order valence-corrected chi connectivity index (χ2v) is 5.88. The van der Waals surface area contributed by atoms with Crippen molar-refractivity contribution in [2.75, 3.05) is 13.1 Å². The molecule has 0 fully saturated rings. The highest BCUT2D eigenvalue weighted by atomic mass is 32.1. The quantitative estimate of drug-likeness (QED) is 0.769. The SMILES string of the molecule is CCCN(CC(=O)O)Cc1csc(COc2ccccc2)n1. The lowest BCUT2D eigenvalue weighted by molar-refractivity contribution is -0.138. The molecule has 2 aromatic rings. The Kier molecular flexibility index (Phi) is 6.36. The first-order chi connectivity index (χ1) is 10.7. The summed E-state index contributed by atoms with van der Waals surface area (Å²) < 4.78 is 5.66. The number of benzene rings is 1. The van der Waals surface area contributed by atoms with Crippen molar-refractivity contribution >= 4 is 17.3 Å². The van der Waals surface area contributed by atoms with E-state index in [0.29, 0.717) is 13.2 Å². The number of carboxylic acids is 1. The molecule has 0 spiro atoms. The van der Waals surface area contributed by atoms with Crippen molar-refractivity contribution in [2.45, 2.75) is 26.5 Å². The third-order valence-electron chi connectivity index (χ3n) is 2.99. The summed E-state index contributed by atoms with van der Waals surface area (Å²) in [5.74, 6) is 0.00838. The van der Waals surface area contributed by atoms with Gasteiger partial charge < -0.3 is 9.84 Å². The summed E-state index contributed by atoms with van der Waals surface area (Å²) in [5.41, 5.74) is 0.895. The molecule has 0 saturated heterocycles. The van der Waals surface area contributed by atoms with Gasteiger partial charge in [-0.05, 0) is 25.1 Å². The zero-order chi connectivity index (χ0) is 15.8. The maximum Gasteiger partial charge on any atom is 0.317 e. The molecule has 0 aliphatic carbocycles. The second-order valence-electron chi connectivity index (χ2n) is 4.94. The van der Waals surface area contributed by atoms with Gasteiger partial charge in [0, 0.05) is 11.9 Å². The first-order valence-electron chi connectivity index (χ1n) is 7.22. The number of thiazole rings is 1. The molecule has 0 aliphatic heterocycles. The van der Waals surface area contributed by atoms with Gasteiger partial charge in [0.15, 0.2) is 0 Å². The fourth-order valence-corrected chi connectivity index (χ4v) is 2.80. The van der Waals surface area contributed by atoms with Crippen LogP contribution in [0.1, 0.15) is 24.0 Å². The minimum absolute atomic E-state index is 0.0429. The summed E-state index contributed by atoms with van der Waals surface area (Å²) >= 11 is 1.54. The summed E-state index contributed by atoms with van der Waals surface area (Å²) in [6.07, 6.45) is 0.918. The Hall–Kier alpha value is -1.92. The van der Waals surface area contributed by atoms with Crippen molar-refractivity contribution in [1.29, 1.82) is 0 Å². The van der Waals surface area contributed by atoms with E-state index >= 15 is 0 Å². The maximum atomic E-state index is 10.9. The van der Waals surface area contributed by atoms with E-state index in [0.717, 1.165) is 29.4 Å². The van der Waals surface area contributed by atoms with E-state index in [1.165, 1.54) is 11.3 Å². The van der Waals surface area contributed by atoms with Crippen LogP contribution in [0.15, 0.2) is 35.7 Å². The first kappa shape index (κ1) is 16.5. The lowest BCUT2D eigenvalue weighted by Gasteiger charge is -2.17. The molecule has 0 aliphatic rings. The van der Waals surface area contributed by atoms with Gasteiger partial charge in [-0.1, -0.05) is 25.1 Å². The van der Waals surface area contributed by atoms with Crippen molar-refractivity contribution in [3.63, 3.8) is 0 Å².